The third kappa shape index (κ3) is 3.15. The van der Waals surface area contributed by atoms with Crippen LogP contribution < -0.4 is 5.32 Å². The fourth-order valence-corrected chi connectivity index (χ4v) is 7.20. The van der Waals surface area contributed by atoms with Gasteiger partial charge in [0.2, 0.25) is 0 Å². The van der Waals surface area contributed by atoms with Crippen molar-refractivity contribution in [1.29, 1.82) is 5.26 Å². The second-order valence-electron chi connectivity index (χ2n) is 9.57. The molecular formula is C23H31N3O3. The largest absolute Gasteiger partial charge is 0.465 e. The number of nitrogens with zero attached hydrogens (tertiary/aromatic N) is 2. The van der Waals surface area contributed by atoms with Gasteiger partial charge < -0.3 is 15.6 Å². The van der Waals surface area contributed by atoms with Gasteiger partial charge in [-0.1, -0.05) is 17.7 Å². The van der Waals surface area contributed by atoms with Crippen LogP contribution in [0.1, 0.15) is 71.1 Å². The Morgan fingerprint density at radius 1 is 1.31 bits per heavy atom. The number of hydrogen-bond donors (Lipinski definition) is 3. The van der Waals surface area contributed by atoms with E-state index in [0.717, 1.165) is 63.5 Å². The highest BCUT2D eigenvalue weighted by Crippen LogP contribution is 2.68. The first kappa shape index (κ1) is 20.0. The Bertz CT molecular complexity index is 837. The van der Waals surface area contributed by atoms with Crippen LogP contribution in [0.5, 0.6) is 0 Å². The molecule has 0 spiro atoms. The summed E-state index contributed by atoms with van der Waals surface area (Å²) in [6.07, 6.45) is 10.7. The Kier molecular flexibility index (Phi) is 5.18. The quantitative estimate of drug-likeness (QED) is 0.458. The first-order chi connectivity index (χ1) is 13.9. The molecule has 4 aliphatic carbocycles. The Hall–Kier alpha value is -2.29. The Morgan fingerprint density at radius 3 is 2.86 bits per heavy atom. The third-order valence-corrected chi connectivity index (χ3v) is 8.71. The van der Waals surface area contributed by atoms with E-state index in [9.17, 15) is 10.1 Å². The molecule has 0 radical (unpaired) electrons. The van der Waals surface area contributed by atoms with E-state index in [-0.39, 0.29) is 10.8 Å². The van der Waals surface area contributed by atoms with E-state index in [1.165, 1.54) is 11.1 Å². The molecule has 1 amide bonds. The van der Waals surface area contributed by atoms with Crippen molar-refractivity contribution >= 4 is 11.8 Å². The molecule has 4 atom stereocenters. The van der Waals surface area contributed by atoms with Gasteiger partial charge in [0.1, 0.15) is 0 Å². The number of nitriles is 1. The first-order valence-corrected chi connectivity index (χ1v) is 10.9. The van der Waals surface area contributed by atoms with E-state index in [1.54, 1.807) is 5.57 Å². The Morgan fingerprint density at radius 2 is 2.14 bits per heavy atom. The molecule has 0 saturated heterocycles. The van der Waals surface area contributed by atoms with Gasteiger partial charge >= 0.3 is 6.09 Å². The maximum atomic E-state index is 11.0. The maximum Gasteiger partial charge on any atom is 0.404 e. The maximum absolute atomic E-state index is 11.0. The van der Waals surface area contributed by atoms with E-state index >= 15 is 0 Å². The van der Waals surface area contributed by atoms with Crippen LogP contribution in [0.25, 0.3) is 0 Å². The molecule has 0 heterocycles. The topological polar surface area (TPSA) is 106 Å². The summed E-state index contributed by atoms with van der Waals surface area (Å²) in [5, 5.41) is 33.7. The van der Waals surface area contributed by atoms with E-state index < -0.39 is 6.09 Å². The third-order valence-electron chi connectivity index (χ3n) is 8.71. The van der Waals surface area contributed by atoms with Crippen LogP contribution in [0.2, 0.25) is 0 Å². The van der Waals surface area contributed by atoms with Crippen LogP contribution in [0.15, 0.2) is 28.0 Å². The molecule has 6 nitrogen and oxygen atoms in total. The number of allylic oxidation sites excluding steroid dienone is 4. The zero-order chi connectivity index (χ0) is 20.6. The highest BCUT2D eigenvalue weighted by molar-refractivity contribution is 5.97. The lowest BCUT2D eigenvalue weighted by Gasteiger charge is -2.53. The van der Waals surface area contributed by atoms with Crippen molar-refractivity contribution in [3.63, 3.8) is 0 Å². The van der Waals surface area contributed by atoms with E-state index in [0.29, 0.717) is 24.8 Å². The van der Waals surface area contributed by atoms with E-state index in [1.807, 2.05) is 0 Å². The molecule has 0 bridgehead atoms. The van der Waals surface area contributed by atoms with Crippen LogP contribution in [-0.4, -0.2) is 28.7 Å². The zero-order valence-corrected chi connectivity index (χ0v) is 17.2. The van der Waals surface area contributed by atoms with E-state index in [2.05, 4.69) is 29.5 Å². The summed E-state index contributed by atoms with van der Waals surface area (Å²) < 4.78 is 0. The van der Waals surface area contributed by atoms with Gasteiger partial charge in [-0.15, -0.1) is 0 Å². The molecule has 0 aromatic heterocycles. The average molecular weight is 398 g/mol. The molecule has 3 N–H and O–H groups in total. The predicted octanol–water partition coefficient (Wildman–Crippen LogP) is 5.01. The molecule has 6 heteroatoms. The minimum Gasteiger partial charge on any atom is -0.465 e. The average Bonchev–Trinajstić information content (AvgIpc) is 3.00. The summed E-state index contributed by atoms with van der Waals surface area (Å²) >= 11 is 0. The molecule has 2 fully saturated rings. The van der Waals surface area contributed by atoms with Gasteiger partial charge in [-0.05, 0) is 97.7 Å². The van der Waals surface area contributed by atoms with Crippen molar-refractivity contribution in [2.75, 3.05) is 6.54 Å². The summed E-state index contributed by atoms with van der Waals surface area (Å²) in [6, 6.07) is 2.44. The van der Waals surface area contributed by atoms with Gasteiger partial charge in [-0.2, -0.15) is 5.26 Å². The Labute approximate surface area is 172 Å². The molecule has 156 valence electrons. The molecule has 0 aliphatic heterocycles. The van der Waals surface area contributed by atoms with Gasteiger partial charge in [0.25, 0.3) is 0 Å². The lowest BCUT2D eigenvalue weighted by Crippen LogP contribution is -2.46. The molecule has 4 rings (SSSR count). The molecular weight excluding hydrogens is 366 g/mol. The molecule has 0 aromatic carbocycles. The molecule has 0 aromatic rings. The van der Waals surface area contributed by atoms with Crippen molar-refractivity contribution in [2.45, 2.75) is 71.1 Å². The lowest BCUT2D eigenvalue weighted by molar-refractivity contribution is -0.000325. The SMILES string of the molecule is C[C@]12CCC3=C4CCC(=NO)C=C4CCC3C1CC[C@]2(CC#N)CCNC(=O)O. The van der Waals surface area contributed by atoms with Crippen molar-refractivity contribution in [3.05, 3.63) is 22.8 Å². The smallest absolute Gasteiger partial charge is 0.404 e. The highest BCUT2D eigenvalue weighted by Gasteiger charge is 2.60. The second kappa shape index (κ2) is 7.51. The highest BCUT2D eigenvalue weighted by atomic mass is 16.4. The monoisotopic (exact) mass is 397 g/mol. The van der Waals surface area contributed by atoms with Crippen molar-refractivity contribution < 1.29 is 15.1 Å². The van der Waals surface area contributed by atoms with Gasteiger partial charge in [0.15, 0.2) is 0 Å². The van der Waals surface area contributed by atoms with Gasteiger partial charge in [-0.3, -0.25) is 0 Å². The minimum absolute atomic E-state index is 0.0885. The standard InChI is InChI=1S/C23H31N3O3/c1-22-8-6-18-17-5-3-16(26-29)14-15(17)2-4-19(18)20(22)7-9-23(22,10-12-24)11-13-25-21(27)28/h14,19-20,25,29H,2-11,13H2,1H3,(H,27,28)/t19?,20?,22-,23-/m0/s1. The fraction of sp³-hybridized carbons (Fsp3) is 0.696. The summed E-state index contributed by atoms with van der Waals surface area (Å²) in [4.78, 5) is 11.0. The zero-order valence-electron chi connectivity index (χ0n) is 17.2. The summed E-state index contributed by atoms with van der Waals surface area (Å²) in [7, 11) is 0. The van der Waals surface area contributed by atoms with E-state index in [4.69, 9.17) is 10.3 Å². The van der Waals surface area contributed by atoms with Crippen molar-refractivity contribution in [3.8, 4) is 6.07 Å². The van der Waals surface area contributed by atoms with Crippen molar-refractivity contribution in [1.82, 2.24) is 5.32 Å². The lowest BCUT2D eigenvalue weighted by atomic mass is 9.51. The first-order valence-electron chi connectivity index (χ1n) is 10.9. The number of oxime groups is 1. The number of amides is 1. The van der Waals surface area contributed by atoms with Gasteiger partial charge in [0, 0.05) is 13.0 Å². The van der Waals surface area contributed by atoms with Crippen LogP contribution in [-0.2, 0) is 0 Å². The predicted molar refractivity (Wildman–Crippen MR) is 110 cm³/mol. The second-order valence-corrected chi connectivity index (χ2v) is 9.57. The number of fused-ring (bicyclic) bond motifs is 4. The Balaban J connectivity index is 1.63. The summed E-state index contributed by atoms with van der Waals surface area (Å²) in [5.74, 6) is 1.16. The van der Waals surface area contributed by atoms with Crippen LogP contribution in [0.3, 0.4) is 0 Å². The normalized spacial score (nSPS) is 37.2. The number of nitrogens with one attached hydrogen (secondary N) is 1. The number of hydrogen-bond acceptors (Lipinski definition) is 4. The van der Waals surface area contributed by atoms with Gasteiger partial charge in [-0.25, -0.2) is 4.79 Å². The molecule has 2 saturated carbocycles. The van der Waals surface area contributed by atoms with Crippen LogP contribution in [0.4, 0.5) is 4.79 Å². The molecule has 4 aliphatic rings. The van der Waals surface area contributed by atoms with Crippen LogP contribution in [0, 0.1) is 34.0 Å². The molecule has 29 heavy (non-hydrogen) atoms. The fourth-order valence-electron chi connectivity index (χ4n) is 7.20. The minimum atomic E-state index is -0.984. The van der Waals surface area contributed by atoms with Crippen molar-refractivity contribution in [2.24, 2.45) is 27.8 Å². The number of carboxylic acid groups (broad SMARTS) is 1. The number of carbonyl (C=O) groups is 1. The van der Waals surface area contributed by atoms with Crippen LogP contribution >= 0.6 is 0 Å². The summed E-state index contributed by atoms with van der Waals surface area (Å²) in [5.41, 5.74) is 5.30. The number of rotatable bonds is 4. The summed E-state index contributed by atoms with van der Waals surface area (Å²) in [6.45, 7) is 2.81. The van der Waals surface area contributed by atoms with Gasteiger partial charge in [0.05, 0.1) is 11.8 Å². The molecule has 2 unspecified atom stereocenters.